The summed E-state index contributed by atoms with van der Waals surface area (Å²) in [6.07, 6.45) is 10.6. The average molecular weight is 377 g/mol. The predicted octanol–water partition coefficient (Wildman–Crippen LogP) is 3.69. The second kappa shape index (κ2) is 7.50. The zero-order valence-corrected chi connectivity index (χ0v) is 16.0. The molecule has 1 saturated carbocycles. The number of hydrogen-bond donors (Lipinski definition) is 2. The molecule has 2 heterocycles. The van der Waals surface area contributed by atoms with Crippen LogP contribution < -0.4 is 11.1 Å². The van der Waals surface area contributed by atoms with Crippen LogP contribution >= 0.6 is 23.1 Å². The molecular weight excluding hydrogens is 352 g/mol. The second-order valence-electron chi connectivity index (χ2n) is 6.97. The van der Waals surface area contributed by atoms with Gasteiger partial charge in [0.2, 0.25) is 5.91 Å². The highest BCUT2D eigenvalue weighted by Crippen LogP contribution is 2.38. The fraction of sp³-hybridized carbons (Fsp3) is 0.611. The predicted molar refractivity (Wildman–Crippen MR) is 104 cm³/mol. The van der Waals surface area contributed by atoms with E-state index < -0.39 is 0 Å². The van der Waals surface area contributed by atoms with Crippen molar-refractivity contribution in [1.82, 2.24) is 15.3 Å². The number of amides is 1. The van der Waals surface area contributed by atoms with Gasteiger partial charge in [0, 0.05) is 10.9 Å². The number of rotatable bonds is 4. The van der Waals surface area contributed by atoms with Crippen LogP contribution in [0.3, 0.4) is 0 Å². The van der Waals surface area contributed by atoms with Gasteiger partial charge in [0.25, 0.3) is 0 Å². The van der Waals surface area contributed by atoms with Gasteiger partial charge in [-0.05, 0) is 44.1 Å². The monoisotopic (exact) mass is 376 g/mol. The van der Waals surface area contributed by atoms with E-state index in [0.717, 1.165) is 35.9 Å². The number of aryl methyl sites for hydroxylation is 2. The van der Waals surface area contributed by atoms with E-state index in [9.17, 15) is 4.79 Å². The molecule has 2 aromatic rings. The van der Waals surface area contributed by atoms with Crippen molar-refractivity contribution in [2.45, 2.75) is 69.0 Å². The lowest BCUT2D eigenvalue weighted by molar-refractivity contribution is -0.119. The third kappa shape index (κ3) is 3.77. The summed E-state index contributed by atoms with van der Waals surface area (Å²) in [7, 11) is 0. The van der Waals surface area contributed by atoms with E-state index in [4.69, 9.17) is 5.73 Å². The maximum atomic E-state index is 12.2. The van der Waals surface area contributed by atoms with E-state index in [1.54, 1.807) is 11.3 Å². The molecule has 1 amide bonds. The van der Waals surface area contributed by atoms with Crippen molar-refractivity contribution in [2.75, 3.05) is 11.5 Å². The molecule has 7 heteroatoms. The first-order valence-corrected chi connectivity index (χ1v) is 11.0. The van der Waals surface area contributed by atoms with Crippen molar-refractivity contribution in [3.8, 4) is 0 Å². The molecule has 2 aromatic heterocycles. The zero-order valence-electron chi connectivity index (χ0n) is 14.3. The smallest absolute Gasteiger partial charge is 0.230 e. The lowest BCUT2D eigenvalue weighted by Crippen LogP contribution is -2.37. The largest absolute Gasteiger partial charge is 0.383 e. The van der Waals surface area contributed by atoms with Crippen LogP contribution in [0.2, 0.25) is 0 Å². The average Bonchev–Trinajstić information content (AvgIpc) is 2.99. The number of aromatic nitrogens is 2. The lowest BCUT2D eigenvalue weighted by Gasteiger charge is -2.22. The Labute approximate surface area is 156 Å². The first-order valence-electron chi connectivity index (χ1n) is 9.20. The Kier molecular flexibility index (Phi) is 5.12. The summed E-state index contributed by atoms with van der Waals surface area (Å²) in [6, 6.07) is 0.347. The molecule has 0 aromatic carbocycles. The normalized spacial score (nSPS) is 18.2. The topological polar surface area (TPSA) is 80.9 Å². The van der Waals surface area contributed by atoms with Crippen molar-refractivity contribution >= 4 is 45.0 Å². The highest BCUT2D eigenvalue weighted by molar-refractivity contribution is 7.99. The van der Waals surface area contributed by atoms with Crippen molar-refractivity contribution in [3.63, 3.8) is 0 Å². The third-order valence-electron chi connectivity index (χ3n) is 5.12. The Morgan fingerprint density at radius 3 is 2.80 bits per heavy atom. The van der Waals surface area contributed by atoms with Crippen LogP contribution in [0, 0.1) is 0 Å². The molecule has 5 nitrogen and oxygen atoms in total. The lowest BCUT2D eigenvalue weighted by atomic mass is 9.95. The summed E-state index contributed by atoms with van der Waals surface area (Å²) < 4.78 is 0. The van der Waals surface area contributed by atoms with Gasteiger partial charge >= 0.3 is 0 Å². The van der Waals surface area contributed by atoms with E-state index in [1.807, 2.05) is 0 Å². The molecule has 4 rings (SSSR count). The molecule has 0 atom stereocenters. The molecule has 2 aliphatic rings. The van der Waals surface area contributed by atoms with E-state index in [-0.39, 0.29) is 5.91 Å². The number of nitrogens with zero attached hydrogens (tertiary/aromatic N) is 2. The number of nitrogens with two attached hydrogens (primary N) is 1. The molecular formula is C18H24N4OS2. The molecule has 0 spiro atoms. The third-order valence-corrected chi connectivity index (χ3v) is 7.16. The number of carbonyl (C=O) groups excluding carboxylic acids is 1. The second-order valence-corrected chi connectivity index (χ2v) is 9.00. The molecule has 0 aliphatic heterocycles. The number of nitrogen functional groups attached to an aromatic ring is 1. The summed E-state index contributed by atoms with van der Waals surface area (Å²) in [5, 5.41) is 4.80. The number of anilines is 1. The van der Waals surface area contributed by atoms with Crippen LogP contribution in [0.1, 0.15) is 55.4 Å². The minimum Gasteiger partial charge on any atom is -0.383 e. The van der Waals surface area contributed by atoms with Crippen molar-refractivity contribution in [3.05, 3.63) is 10.4 Å². The van der Waals surface area contributed by atoms with Gasteiger partial charge in [-0.1, -0.05) is 31.0 Å². The minimum absolute atomic E-state index is 0.0737. The van der Waals surface area contributed by atoms with Crippen molar-refractivity contribution in [2.24, 2.45) is 0 Å². The molecule has 2 aliphatic carbocycles. The van der Waals surface area contributed by atoms with Crippen LogP contribution in [0.15, 0.2) is 5.16 Å². The summed E-state index contributed by atoms with van der Waals surface area (Å²) in [6.45, 7) is 0. The zero-order chi connectivity index (χ0) is 17.2. The Morgan fingerprint density at radius 2 is 1.96 bits per heavy atom. The highest BCUT2D eigenvalue weighted by Gasteiger charge is 2.21. The molecule has 1 fully saturated rings. The van der Waals surface area contributed by atoms with Crippen LogP contribution in [0.4, 0.5) is 5.82 Å². The fourth-order valence-corrected chi connectivity index (χ4v) is 5.87. The van der Waals surface area contributed by atoms with Crippen LogP contribution in [-0.2, 0) is 17.6 Å². The van der Waals surface area contributed by atoms with E-state index in [1.165, 1.54) is 54.3 Å². The number of thioether (sulfide) groups is 1. The SMILES string of the molecule is Nc1nc(SCC(=O)NC2CCCCC2)nc2sc3c(c12)CCCC3. The highest BCUT2D eigenvalue weighted by atomic mass is 32.2. The van der Waals surface area contributed by atoms with Gasteiger partial charge in [0.05, 0.1) is 11.1 Å². The number of thiophene rings is 1. The summed E-state index contributed by atoms with van der Waals surface area (Å²) >= 11 is 3.13. The molecule has 0 saturated heterocycles. The van der Waals surface area contributed by atoms with Crippen molar-refractivity contribution < 1.29 is 4.79 Å². The maximum absolute atomic E-state index is 12.2. The van der Waals surface area contributed by atoms with Crippen LogP contribution in [0.25, 0.3) is 10.2 Å². The van der Waals surface area contributed by atoms with Crippen LogP contribution in [-0.4, -0.2) is 27.7 Å². The van der Waals surface area contributed by atoms with Gasteiger partial charge in [0.1, 0.15) is 10.6 Å². The van der Waals surface area contributed by atoms with Crippen LogP contribution in [0.5, 0.6) is 0 Å². The fourth-order valence-electron chi connectivity index (χ4n) is 3.88. The van der Waals surface area contributed by atoms with Gasteiger partial charge < -0.3 is 11.1 Å². The molecule has 3 N–H and O–H groups in total. The maximum Gasteiger partial charge on any atom is 0.230 e. The summed E-state index contributed by atoms with van der Waals surface area (Å²) in [5.74, 6) is 0.997. The first-order chi connectivity index (χ1) is 12.2. The summed E-state index contributed by atoms with van der Waals surface area (Å²) in [5.41, 5.74) is 7.58. The molecule has 25 heavy (non-hydrogen) atoms. The summed E-state index contributed by atoms with van der Waals surface area (Å²) in [4.78, 5) is 23.7. The number of nitrogens with one attached hydrogen (secondary N) is 1. The van der Waals surface area contributed by atoms with Gasteiger partial charge in [0.15, 0.2) is 5.16 Å². The van der Waals surface area contributed by atoms with E-state index >= 15 is 0 Å². The van der Waals surface area contributed by atoms with Gasteiger partial charge in [-0.15, -0.1) is 11.3 Å². The van der Waals surface area contributed by atoms with Crippen molar-refractivity contribution in [1.29, 1.82) is 0 Å². The van der Waals surface area contributed by atoms with Gasteiger partial charge in [-0.25, -0.2) is 9.97 Å². The van der Waals surface area contributed by atoms with E-state index in [0.29, 0.717) is 22.8 Å². The van der Waals surface area contributed by atoms with E-state index in [2.05, 4.69) is 15.3 Å². The first kappa shape index (κ1) is 17.1. The molecule has 134 valence electrons. The number of hydrogen-bond acceptors (Lipinski definition) is 6. The number of carbonyl (C=O) groups is 1. The molecule has 0 radical (unpaired) electrons. The van der Waals surface area contributed by atoms with Gasteiger partial charge in [-0.3, -0.25) is 4.79 Å². The molecule has 0 unspecified atom stereocenters. The minimum atomic E-state index is 0.0737. The number of fused-ring (bicyclic) bond motifs is 3. The standard InChI is InChI=1S/C18H24N4OS2/c19-16-15-12-8-4-5-9-13(12)25-17(15)22-18(21-16)24-10-14(23)20-11-6-2-1-3-7-11/h11H,1-10H2,(H,20,23)(H2,19,21,22). The Morgan fingerprint density at radius 1 is 1.16 bits per heavy atom. The Bertz CT molecular complexity index is 783. The van der Waals surface area contributed by atoms with Gasteiger partial charge in [-0.2, -0.15) is 0 Å². The Hall–Kier alpha value is -1.34. The molecule has 0 bridgehead atoms. The Balaban J connectivity index is 1.44. The quantitative estimate of drug-likeness (QED) is 0.628.